The molecule has 0 radical (unpaired) electrons. The molecule has 0 saturated heterocycles. The van der Waals surface area contributed by atoms with Gasteiger partial charge >= 0.3 is 5.97 Å². The molecule has 0 atom stereocenters. The summed E-state index contributed by atoms with van der Waals surface area (Å²) in [5, 5.41) is 18.8. The van der Waals surface area contributed by atoms with Crippen LogP contribution in [0.5, 0.6) is 0 Å². The first kappa shape index (κ1) is 19.9. The van der Waals surface area contributed by atoms with Crippen molar-refractivity contribution in [2.24, 2.45) is 0 Å². The summed E-state index contributed by atoms with van der Waals surface area (Å²) in [7, 11) is 0. The molecule has 4 aromatic rings. The van der Waals surface area contributed by atoms with Gasteiger partial charge in [-0.3, -0.25) is 4.57 Å². The zero-order valence-corrected chi connectivity index (χ0v) is 17.3. The summed E-state index contributed by atoms with van der Waals surface area (Å²) in [5.74, 6) is 0.643. The number of carbonyl (C=O) groups is 1. The molecule has 150 valence electrons. The fourth-order valence-corrected chi connectivity index (χ4v) is 4.13. The van der Waals surface area contributed by atoms with Gasteiger partial charge in [0.15, 0.2) is 5.16 Å². The molecular formula is C24H21N3O2S. The second kappa shape index (κ2) is 8.97. The van der Waals surface area contributed by atoms with Crippen molar-refractivity contribution in [1.29, 1.82) is 0 Å². The maximum Gasteiger partial charge on any atom is 0.335 e. The predicted molar refractivity (Wildman–Crippen MR) is 118 cm³/mol. The van der Waals surface area contributed by atoms with Crippen molar-refractivity contribution in [3.63, 3.8) is 0 Å². The van der Waals surface area contributed by atoms with Crippen molar-refractivity contribution < 1.29 is 9.90 Å². The summed E-state index contributed by atoms with van der Waals surface area (Å²) in [6.45, 7) is 2.07. The number of benzene rings is 3. The van der Waals surface area contributed by atoms with Gasteiger partial charge in [0.2, 0.25) is 0 Å². The third-order valence-corrected chi connectivity index (χ3v) is 5.73. The molecule has 0 spiro atoms. The maximum absolute atomic E-state index is 11.0. The molecular weight excluding hydrogens is 394 g/mol. The highest BCUT2D eigenvalue weighted by Crippen LogP contribution is 2.27. The highest BCUT2D eigenvalue weighted by molar-refractivity contribution is 7.98. The molecule has 1 N–H and O–H groups in total. The van der Waals surface area contributed by atoms with Gasteiger partial charge in [-0.05, 0) is 47.9 Å². The lowest BCUT2D eigenvalue weighted by Crippen LogP contribution is -2.04. The number of rotatable bonds is 7. The number of thioether (sulfide) groups is 1. The van der Waals surface area contributed by atoms with Crippen LogP contribution in [0.4, 0.5) is 0 Å². The first-order valence-electron chi connectivity index (χ1n) is 9.60. The minimum atomic E-state index is -0.918. The first-order valence-corrected chi connectivity index (χ1v) is 10.6. The summed E-state index contributed by atoms with van der Waals surface area (Å²) in [4.78, 5) is 11.0. The average Bonchev–Trinajstić information content (AvgIpc) is 3.15. The first-order chi connectivity index (χ1) is 14.6. The lowest BCUT2D eigenvalue weighted by Gasteiger charge is -2.11. The van der Waals surface area contributed by atoms with E-state index in [-0.39, 0.29) is 5.56 Å². The minimum Gasteiger partial charge on any atom is -0.478 e. The molecule has 4 rings (SSSR count). The van der Waals surface area contributed by atoms with Crippen LogP contribution >= 0.6 is 11.8 Å². The monoisotopic (exact) mass is 415 g/mol. The van der Waals surface area contributed by atoms with E-state index < -0.39 is 5.97 Å². The van der Waals surface area contributed by atoms with Crippen LogP contribution in [0.15, 0.2) is 84.0 Å². The highest BCUT2D eigenvalue weighted by atomic mass is 32.2. The quantitative estimate of drug-likeness (QED) is 0.423. The van der Waals surface area contributed by atoms with E-state index in [2.05, 4.69) is 52.0 Å². The van der Waals surface area contributed by atoms with Crippen LogP contribution in [0, 0.1) is 6.92 Å². The molecule has 0 saturated carbocycles. The van der Waals surface area contributed by atoms with Crippen LogP contribution in [-0.4, -0.2) is 25.8 Å². The summed E-state index contributed by atoms with van der Waals surface area (Å²) < 4.78 is 2.11. The summed E-state index contributed by atoms with van der Waals surface area (Å²) in [5.41, 5.74) is 4.71. The molecule has 0 amide bonds. The Morgan fingerprint density at radius 2 is 1.70 bits per heavy atom. The Morgan fingerprint density at radius 3 is 2.40 bits per heavy atom. The number of carboxylic acid groups (broad SMARTS) is 1. The SMILES string of the molecule is Cc1cccc(-n2c(Cc3ccccc3)nnc2SCc2ccc(C(=O)O)cc2)c1. The fraction of sp³-hybridized carbons (Fsp3) is 0.125. The lowest BCUT2D eigenvalue weighted by molar-refractivity contribution is 0.0697. The zero-order valence-electron chi connectivity index (χ0n) is 16.5. The average molecular weight is 416 g/mol. The van der Waals surface area contributed by atoms with Crippen molar-refractivity contribution >= 4 is 17.7 Å². The normalized spacial score (nSPS) is 10.8. The van der Waals surface area contributed by atoms with E-state index in [1.807, 2.05) is 36.4 Å². The molecule has 5 nitrogen and oxygen atoms in total. The second-order valence-corrected chi connectivity index (χ2v) is 7.97. The Balaban J connectivity index is 1.62. The molecule has 0 aliphatic heterocycles. The standard InChI is InChI=1S/C24H21N3O2S/c1-17-6-5-9-21(14-17)27-22(15-18-7-3-2-4-8-18)25-26-24(27)30-16-19-10-12-20(13-11-19)23(28)29/h2-14H,15-16H2,1H3,(H,28,29). The third-order valence-electron chi connectivity index (χ3n) is 4.73. The van der Waals surface area contributed by atoms with E-state index in [1.165, 1.54) is 11.1 Å². The maximum atomic E-state index is 11.0. The van der Waals surface area contributed by atoms with E-state index in [0.717, 1.165) is 22.2 Å². The van der Waals surface area contributed by atoms with Gasteiger partial charge in [0, 0.05) is 17.9 Å². The van der Waals surface area contributed by atoms with Crippen LogP contribution in [0.25, 0.3) is 5.69 Å². The molecule has 0 aliphatic carbocycles. The van der Waals surface area contributed by atoms with Gasteiger partial charge in [0.1, 0.15) is 5.82 Å². The topological polar surface area (TPSA) is 68.0 Å². The number of aryl methyl sites for hydroxylation is 1. The number of hydrogen-bond acceptors (Lipinski definition) is 4. The van der Waals surface area contributed by atoms with Gasteiger partial charge in [-0.15, -0.1) is 10.2 Å². The van der Waals surface area contributed by atoms with Crippen molar-refractivity contribution in [2.75, 3.05) is 0 Å². The second-order valence-electron chi connectivity index (χ2n) is 7.03. The van der Waals surface area contributed by atoms with Crippen LogP contribution < -0.4 is 0 Å². The highest BCUT2D eigenvalue weighted by Gasteiger charge is 2.15. The molecule has 0 fully saturated rings. The predicted octanol–water partition coefficient (Wildman–Crippen LogP) is 5.16. The van der Waals surface area contributed by atoms with Crippen LogP contribution in [0.3, 0.4) is 0 Å². The van der Waals surface area contributed by atoms with Crippen molar-refractivity contribution in [3.05, 3.63) is 107 Å². The molecule has 3 aromatic carbocycles. The fourth-order valence-electron chi connectivity index (χ4n) is 3.20. The number of hydrogen-bond donors (Lipinski definition) is 1. The zero-order chi connectivity index (χ0) is 20.9. The van der Waals surface area contributed by atoms with Gasteiger partial charge in [0.25, 0.3) is 0 Å². The van der Waals surface area contributed by atoms with Crippen molar-refractivity contribution in [1.82, 2.24) is 14.8 Å². The smallest absolute Gasteiger partial charge is 0.335 e. The molecule has 1 aromatic heterocycles. The largest absolute Gasteiger partial charge is 0.478 e. The Hall–Kier alpha value is -3.38. The van der Waals surface area contributed by atoms with Crippen LogP contribution in [-0.2, 0) is 12.2 Å². The number of nitrogens with zero attached hydrogens (tertiary/aromatic N) is 3. The molecule has 1 heterocycles. The van der Waals surface area contributed by atoms with Crippen molar-refractivity contribution in [2.45, 2.75) is 24.3 Å². The van der Waals surface area contributed by atoms with E-state index >= 15 is 0 Å². The molecule has 6 heteroatoms. The summed E-state index contributed by atoms with van der Waals surface area (Å²) in [6, 6.07) is 25.5. The van der Waals surface area contributed by atoms with Gasteiger partial charge in [-0.1, -0.05) is 66.4 Å². The van der Waals surface area contributed by atoms with E-state index in [9.17, 15) is 4.79 Å². The number of aromatic nitrogens is 3. The van der Waals surface area contributed by atoms with E-state index in [1.54, 1.807) is 23.9 Å². The van der Waals surface area contributed by atoms with Gasteiger partial charge in [-0.25, -0.2) is 4.79 Å². The van der Waals surface area contributed by atoms with Crippen molar-refractivity contribution in [3.8, 4) is 5.69 Å². The molecule has 0 bridgehead atoms. The lowest BCUT2D eigenvalue weighted by atomic mass is 10.1. The van der Waals surface area contributed by atoms with Crippen LogP contribution in [0.2, 0.25) is 0 Å². The third kappa shape index (κ3) is 4.60. The Morgan fingerprint density at radius 1 is 0.933 bits per heavy atom. The van der Waals surface area contributed by atoms with Gasteiger partial charge in [-0.2, -0.15) is 0 Å². The Bertz CT molecular complexity index is 1150. The van der Waals surface area contributed by atoms with Gasteiger partial charge < -0.3 is 5.11 Å². The number of aromatic carboxylic acids is 1. The molecule has 30 heavy (non-hydrogen) atoms. The Labute approximate surface area is 179 Å². The minimum absolute atomic E-state index is 0.289. The molecule has 0 aliphatic rings. The molecule has 0 unspecified atom stereocenters. The summed E-state index contributed by atoms with van der Waals surface area (Å²) in [6.07, 6.45) is 0.690. The Kier molecular flexibility index (Phi) is 5.95. The van der Waals surface area contributed by atoms with E-state index in [0.29, 0.717) is 12.2 Å². The summed E-state index contributed by atoms with van der Waals surface area (Å²) >= 11 is 1.59. The van der Waals surface area contributed by atoms with Gasteiger partial charge in [0.05, 0.1) is 5.56 Å². The number of carboxylic acids is 1. The van der Waals surface area contributed by atoms with Crippen LogP contribution in [0.1, 0.15) is 32.9 Å². The van der Waals surface area contributed by atoms with E-state index in [4.69, 9.17) is 5.11 Å².